The average molecular weight is 288 g/mol. The molecule has 0 saturated heterocycles. The first-order valence-electron chi connectivity index (χ1n) is 6.31. The molecule has 0 fully saturated rings. The molecule has 0 aliphatic carbocycles. The van der Waals surface area contributed by atoms with Crippen LogP contribution in [-0.2, 0) is 6.42 Å². The highest BCUT2D eigenvalue weighted by Crippen LogP contribution is 2.28. The zero-order valence-corrected chi connectivity index (χ0v) is 11.8. The summed E-state index contributed by atoms with van der Waals surface area (Å²) in [5.41, 5.74) is 0.749. The number of carbonyl (C=O) groups is 1. The molecule has 0 spiro atoms. The normalized spacial score (nSPS) is 10.2. The van der Waals surface area contributed by atoms with Gasteiger partial charge in [-0.2, -0.15) is 0 Å². The average Bonchev–Trinajstić information content (AvgIpc) is 2.49. The number of hydrogen-bond donors (Lipinski definition) is 2. The van der Waals surface area contributed by atoms with E-state index in [-0.39, 0.29) is 29.3 Å². The Morgan fingerprint density at radius 3 is 2.48 bits per heavy atom. The molecule has 2 aromatic carbocycles. The summed E-state index contributed by atoms with van der Waals surface area (Å²) in [5, 5.41) is 19.1. The molecule has 2 aromatic rings. The number of hydrogen-bond acceptors (Lipinski definition) is 5. The Morgan fingerprint density at radius 1 is 1.05 bits per heavy atom. The van der Waals surface area contributed by atoms with Gasteiger partial charge in [-0.1, -0.05) is 6.07 Å². The van der Waals surface area contributed by atoms with Gasteiger partial charge in [-0.05, 0) is 24.3 Å². The molecule has 0 bridgehead atoms. The monoisotopic (exact) mass is 288 g/mol. The summed E-state index contributed by atoms with van der Waals surface area (Å²) < 4.78 is 10.3. The third-order valence-corrected chi connectivity index (χ3v) is 3.13. The van der Waals surface area contributed by atoms with Gasteiger partial charge in [0.25, 0.3) is 0 Å². The minimum Gasteiger partial charge on any atom is -0.508 e. The number of carbonyl (C=O) groups excluding carboxylic acids is 1. The summed E-state index contributed by atoms with van der Waals surface area (Å²) in [5.74, 6) is 0.612. The van der Waals surface area contributed by atoms with E-state index in [2.05, 4.69) is 0 Å². The number of rotatable bonds is 5. The molecule has 0 aromatic heterocycles. The Morgan fingerprint density at radius 2 is 1.81 bits per heavy atom. The van der Waals surface area contributed by atoms with Gasteiger partial charge in [0.15, 0.2) is 5.78 Å². The molecule has 2 rings (SSSR count). The minimum atomic E-state index is -0.313. The van der Waals surface area contributed by atoms with Crippen LogP contribution in [0.1, 0.15) is 15.9 Å². The first kappa shape index (κ1) is 14.7. The van der Waals surface area contributed by atoms with E-state index in [0.29, 0.717) is 17.1 Å². The van der Waals surface area contributed by atoms with Crippen LogP contribution in [0.4, 0.5) is 0 Å². The molecule has 0 aliphatic rings. The number of ketones is 1. The van der Waals surface area contributed by atoms with Crippen molar-refractivity contribution in [1.82, 2.24) is 0 Å². The SMILES string of the molecule is COc1ccc(CC(=O)c2cc(O)ccc2O)c(OC)c1. The Kier molecular flexibility index (Phi) is 4.33. The van der Waals surface area contributed by atoms with Gasteiger partial charge in [-0.25, -0.2) is 0 Å². The van der Waals surface area contributed by atoms with Gasteiger partial charge in [0.2, 0.25) is 0 Å². The molecule has 0 radical (unpaired) electrons. The van der Waals surface area contributed by atoms with Crippen LogP contribution in [0.2, 0.25) is 0 Å². The molecule has 0 heterocycles. The lowest BCUT2D eigenvalue weighted by Crippen LogP contribution is -2.05. The van der Waals surface area contributed by atoms with Crippen LogP contribution >= 0.6 is 0 Å². The fourth-order valence-corrected chi connectivity index (χ4v) is 2.01. The molecule has 0 saturated carbocycles. The van der Waals surface area contributed by atoms with Gasteiger partial charge in [0.05, 0.1) is 19.8 Å². The highest BCUT2D eigenvalue weighted by molar-refractivity contribution is 6.00. The van der Waals surface area contributed by atoms with Crippen molar-refractivity contribution in [3.05, 3.63) is 47.5 Å². The lowest BCUT2D eigenvalue weighted by atomic mass is 10.0. The lowest BCUT2D eigenvalue weighted by Gasteiger charge is -2.10. The molecule has 0 atom stereocenters. The zero-order chi connectivity index (χ0) is 15.4. The predicted octanol–water partition coefficient (Wildman–Crippen LogP) is 2.54. The van der Waals surface area contributed by atoms with E-state index in [4.69, 9.17) is 9.47 Å². The number of benzene rings is 2. The molecular weight excluding hydrogens is 272 g/mol. The number of ether oxygens (including phenoxy) is 2. The lowest BCUT2D eigenvalue weighted by molar-refractivity contribution is 0.0989. The van der Waals surface area contributed by atoms with Crippen molar-refractivity contribution in [1.29, 1.82) is 0 Å². The van der Waals surface area contributed by atoms with E-state index in [0.717, 1.165) is 0 Å². The standard InChI is InChI=1S/C16H16O5/c1-20-12-5-3-10(16(9-12)21-2)7-15(19)13-8-11(17)4-6-14(13)18/h3-6,8-9,17-18H,7H2,1-2H3. The van der Waals surface area contributed by atoms with Crippen LogP contribution in [0, 0.1) is 0 Å². The van der Waals surface area contributed by atoms with Gasteiger partial charge in [-0.15, -0.1) is 0 Å². The molecule has 2 N–H and O–H groups in total. The zero-order valence-electron chi connectivity index (χ0n) is 11.8. The van der Waals surface area contributed by atoms with Gasteiger partial charge in [-0.3, -0.25) is 4.79 Å². The molecule has 5 heteroatoms. The fourth-order valence-electron chi connectivity index (χ4n) is 2.01. The first-order chi connectivity index (χ1) is 10.0. The van der Waals surface area contributed by atoms with Crippen molar-refractivity contribution >= 4 is 5.78 Å². The number of methoxy groups -OCH3 is 2. The van der Waals surface area contributed by atoms with Crippen molar-refractivity contribution in [3.63, 3.8) is 0 Å². The van der Waals surface area contributed by atoms with Crippen molar-refractivity contribution in [2.45, 2.75) is 6.42 Å². The minimum absolute atomic E-state index is 0.0458. The third-order valence-electron chi connectivity index (χ3n) is 3.13. The first-order valence-corrected chi connectivity index (χ1v) is 6.31. The Bertz CT molecular complexity index is 664. The summed E-state index contributed by atoms with van der Waals surface area (Å²) >= 11 is 0. The van der Waals surface area contributed by atoms with Gasteiger partial charge in [0, 0.05) is 18.1 Å². The highest BCUT2D eigenvalue weighted by atomic mass is 16.5. The summed E-state index contributed by atoms with van der Waals surface area (Å²) in [7, 11) is 3.05. The topological polar surface area (TPSA) is 76.0 Å². The summed E-state index contributed by atoms with van der Waals surface area (Å²) in [6.07, 6.45) is 0.0458. The van der Waals surface area contributed by atoms with Crippen LogP contribution in [0.25, 0.3) is 0 Å². The van der Waals surface area contributed by atoms with Gasteiger partial charge < -0.3 is 19.7 Å². The Hall–Kier alpha value is -2.69. The second kappa shape index (κ2) is 6.17. The van der Waals surface area contributed by atoms with Gasteiger partial charge >= 0.3 is 0 Å². The summed E-state index contributed by atoms with van der Waals surface area (Å²) in [6.45, 7) is 0. The second-order valence-corrected chi connectivity index (χ2v) is 4.48. The van der Waals surface area contributed by atoms with Gasteiger partial charge in [0.1, 0.15) is 23.0 Å². The van der Waals surface area contributed by atoms with E-state index in [1.165, 1.54) is 25.3 Å². The Labute approximate surface area is 122 Å². The second-order valence-electron chi connectivity index (χ2n) is 4.48. The largest absolute Gasteiger partial charge is 0.508 e. The maximum absolute atomic E-state index is 12.3. The fraction of sp³-hybridized carbons (Fsp3) is 0.188. The molecule has 0 unspecified atom stereocenters. The molecular formula is C16H16O5. The van der Waals surface area contributed by atoms with Crippen LogP contribution in [0.5, 0.6) is 23.0 Å². The van der Waals surface area contributed by atoms with Crippen LogP contribution in [0.3, 0.4) is 0 Å². The maximum Gasteiger partial charge on any atom is 0.171 e. The van der Waals surface area contributed by atoms with Crippen molar-refractivity contribution < 1.29 is 24.5 Å². The molecule has 110 valence electrons. The maximum atomic E-state index is 12.3. The van der Waals surface area contributed by atoms with E-state index in [1.54, 1.807) is 25.3 Å². The Balaban J connectivity index is 2.29. The van der Waals surface area contributed by atoms with Crippen LogP contribution in [-0.4, -0.2) is 30.2 Å². The van der Waals surface area contributed by atoms with Crippen molar-refractivity contribution in [2.24, 2.45) is 0 Å². The van der Waals surface area contributed by atoms with Crippen LogP contribution in [0.15, 0.2) is 36.4 Å². The number of aromatic hydroxyl groups is 2. The van der Waals surface area contributed by atoms with E-state index < -0.39 is 0 Å². The summed E-state index contributed by atoms with van der Waals surface area (Å²) in [4.78, 5) is 12.3. The smallest absolute Gasteiger partial charge is 0.171 e. The predicted molar refractivity (Wildman–Crippen MR) is 77.4 cm³/mol. The highest BCUT2D eigenvalue weighted by Gasteiger charge is 2.15. The molecule has 0 aliphatic heterocycles. The quantitative estimate of drug-likeness (QED) is 0.653. The molecule has 0 amide bonds. The molecule has 21 heavy (non-hydrogen) atoms. The third kappa shape index (κ3) is 3.25. The van der Waals surface area contributed by atoms with Crippen molar-refractivity contribution in [3.8, 4) is 23.0 Å². The number of phenols is 2. The van der Waals surface area contributed by atoms with Crippen molar-refractivity contribution in [2.75, 3.05) is 14.2 Å². The van der Waals surface area contributed by atoms with E-state index in [1.807, 2.05) is 0 Å². The number of phenolic OH excluding ortho intramolecular Hbond substituents is 2. The van der Waals surface area contributed by atoms with Crippen LogP contribution < -0.4 is 9.47 Å². The van der Waals surface area contributed by atoms with E-state index in [9.17, 15) is 15.0 Å². The number of Topliss-reactive ketones (excluding diaryl/α,β-unsaturated/α-hetero) is 1. The van der Waals surface area contributed by atoms with E-state index >= 15 is 0 Å². The summed E-state index contributed by atoms with van der Waals surface area (Å²) in [6, 6.07) is 9.00. The molecule has 5 nitrogen and oxygen atoms in total.